The standard InChI is InChI=1S/C14H21N3O3/c1-15-13(10-11-2-4-12(18)5-3-11)14(19)16-17-6-8-20-9-7-17/h2-5,13,15,18H,6-10H2,1H3,(H,16,19). The number of nitrogens with one attached hydrogen (secondary N) is 2. The number of phenols is 1. The number of rotatable bonds is 5. The summed E-state index contributed by atoms with van der Waals surface area (Å²) in [5.41, 5.74) is 3.90. The fraction of sp³-hybridized carbons (Fsp3) is 0.500. The van der Waals surface area contributed by atoms with Crippen LogP contribution < -0.4 is 10.7 Å². The summed E-state index contributed by atoms with van der Waals surface area (Å²) < 4.78 is 5.24. The quantitative estimate of drug-likeness (QED) is 0.701. The van der Waals surface area contributed by atoms with E-state index in [2.05, 4.69) is 10.7 Å². The van der Waals surface area contributed by atoms with Gasteiger partial charge in [0.1, 0.15) is 5.75 Å². The molecule has 1 aliphatic rings. The van der Waals surface area contributed by atoms with E-state index in [0.29, 0.717) is 32.7 Å². The number of nitrogens with zero attached hydrogens (tertiary/aromatic N) is 1. The molecule has 0 bridgehead atoms. The number of carbonyl (C=O) groups excluding carboxylic acids is 1. The minimum atomic E-state index is -0.303. The lowest BCUT2D eigenvalue weighted by atomic mass is 10.1. The maximum absolute atomic E-state index is 12.2. The highest BCUT2D eigenvalue weighted by molar-refractivity contribution is 5.81. The van der Waals surface area contributed by atoms with Gasteiger partial charge < -0.3 is 15.2 Å². The molecule has 3 N–H and O–H groups in total. The first-order valence-corrected chi connectivity index (χ1v) is 6.77. The highest BCUT2D eigenvalue weighted by atomic mass is 16.5. The third kappa shape index (κ3) is 4.19. The van der Waals surface area contributed by atoms with Crippen LogP contribution in [-0.2, 0) is 16.0 Å². The number of aromatic hydroxyl groups is 1. The lowest BCUT2D eigenvalue weighted by Crippen LogP contribution is -2.54. The van der Waals surface area contributed by atoms with Crippen molar-refractivity contribution >= 4 is 5.91 Å². The molecule has 0 aromatic heterocycles. The van der Waals surface area contributed by atoms with Crippen LogP contribution in [0, 0.1) is 0 Å². The van der Waals surface area contributed by atoms with Gasteiger partial charge >= 0.3 is 0 Å². The average molecular weight is 279 g/mol. The normalized spacial score (nSPS) is 17.6. The van der Waals surface area contributed by atoms with Crippen molar-refractivity contribution in [3.8, 4) is 5.75 Å². The second-order valence-corrected chi connectivity index (χ2v) is 4.79. The molecule has 0 radical (unpaired) electrons. The Morgan fingerprint density at radius 2 is 2.00 bits per heavy atom. The molecule has 0 spiro atoms. The van der Waals surface area contributed by atoms with E-state index in [0.717, 1.165) is 5.56 Å². The van der Waals surface area contributed by atoms with Gasteiger partial charge in [-0.3, -0.25) is 10.2 Å². The van der Waals surface area contributed by atoms with Gasteiger partial charge in [0.05, 0.1) is 19.3 Å². The fourth-order valence-electron chi connectivity index (χ4n) is 2.10. The van der Waals surface area contributed by atoms with Crippen LogP contribution in [-0.4, -0.2) is 55.4 Å². The number of benzene rings is 1. The van der Waals surface area contributed by atoms with E-state index < -0.39 is 0 Å². The van der Waals surface area contributed by atoms with Crippen molar-refractivity contribution < 1.29 is 14.6 Å². The smallest absolute Gasteiger partial charge is 0.251 e. The molecule has 0 saturated carbocycles. The number of morpholine rings is 1. The number of amides is 1. The first-order chi connectivity index (χ1) is 9.69. The van der Waals surface area contributed by atoms with Crippen molar-refractivity contribution in [1.29, 1.82) is 0 Å². The molecular formula is C14H21N3O3. The first-order valence-electron chi connectivity index (χ1n) is 6.77. The number of hydrogen-bond donors (Lipinski definition) is 3. The highest BCUT2D eigenvalue weighted by Crippen LogP contribution is 2.11. The van der Waals surface area contributed by atoms with Crippen LogP contribution in [0.4, 0.5) is 0 Å². The van der Waals surface area contributed by atoms with Crippen LogP contribution in [0.2, 0.25) is 0 Å². The number of hydrogen-bond acceptors (Lipinski definition) is 5. The number of phenolic OH excluding ortho intramolecular Hbond substituents is 1. The molecule has 1 heterocycles. The lowest BCUT2D eigenvalue weighted by molar-refractivity contribution is -0.130. The Kier molecular flexibility index (Phi) is 5.34. The van der Waals surface area contributed by atoms with Crippen LogP contribution in [0.3, 0.4) is 0 Å². The Morgan fingerprint density at radius 1 is 1.35 bits per heavy atom. The van der Waals surface area contributed by atoms with E-state index in [-0.39, 0.29) is 17.7 Å². The minimum Gasteiger partial charge on any atom is -0.508 e. The summed E-state index contributed by atoms with van der Waals surface area (Å²) >= 11 is 0. The molecule has 6 nitrogen and oxygen atoms in total. The molecule has 110 valence electrons. The van der Waals surface area contributed by atoms with Gasteiger partial charge in [-0.15, -0.1) is 0 Å². The summed E-state index contributed by atoms with van der Waals surface area (Å²) in [6, 6.07) is 6.59. The summed E-state index contributed by atoms with van der Waals surface area (Å²) in [4.78, 5) is 12.2. The molecular weight excluding hydrogens is 258 g/mol. The molecule has 2 rings (SSSR count). The Labute approximate surface area is 118 Å². The fourth-order valence-corrected chi connectivity index (χ4v) is 2.10. The predicted octanol–water partition coefficient (Wildman–Crippen LogP) is -0.114. The van der Waals surface area contributed by atoms with Gasteiger partial charge in [-0.05, 0) is 31.2 Å². The zero-order chi connectivity index (χ0) is 14.4. The number of ether oxygens (including phenoxy) is 1. The van der Waals surface area contributed by atoms with Crippen LogP contribution >= 0.6 is 0 Å². The number of likely N-dealkylation sites (N-methyl/N-ethyl adjacent to an activating group) is 1. The molecule has 1 aromatic rings. The summed E-state index contributed by atoms with van der Waals surface area (Å²) in [7, 11) is 1.77. The Bertz CT molecular complexity index is 430. The Morgan fingerprint density at radius 3 is 2.60 bits per heavy atom. The largest absolute Gasteiger partial charge is 0.508 e. The summed E-state index contributed by atoms with van der Waals surface area (Å²) in [6.45, 7) is 2.70. The monoisotopic (exact) mass is 279 g/mol. The van der Waals surface area contributed by atoms with Crippen molar-refractivity contribution in [2.24, 2.45) is 0 Å². The van der Waals surface area contributed by atoms with Gasteiger partial charge in [-0.2, -0.15) is 0 Å². The maximum Gasteiger partial charge on any atom is 0.251 e. The van der Waals surface area contributed by atoms with Gasteiger partial charge in [0, 0.05) is 13.1 Å². The predicted molar refractivity (Wildman–Crippen MR) is 75.2 cm³/mol. The maximum atomic E-state index is 12.2. The van der Waals surface area contributed by atoms with E-state index in [4.69, 9.17) is 4.74 Å². The van der Waals surface area contributed by atoms with E-state index in [1.807, 2.05) is 17.1 Å². The van der Waals surface area contributed by atoms with Gasteiger partial charge in [0.2, 0.25) is 0 Å². The van der Waals surface area contributed by atoms with Crippen molar-refractivity contribution in [3.05, 3.63) is 29.8 Å². The SMILES string of the molecule is CNC(Cc1ccc(O)cc1)C(=O)NN1CCOCC1. The third-order valence-corrected chi connectivity index (χ3v) is 3.32. The molecule has 1 amide bonds. The topological polar surface area (TPSA) is 73.8 Å². The zero-order valence-electron chi connectivity index (χ0n) is 11.6. The molecule has 0 aliphatic carbocycles. The van der Waals surface area contributed by atoms with Gasteiger partial charge in [-0.1, -0.05) is 12.1 Å². The van der Waals surface area contributed by atoms with E-state index in [1.165, 1.54) is 0 Å². The Hall–Kier alpha value is -1.63. The van der Waals surface area contributed by atoms with Crippen molar-refractivity contribution in [2.45, 2.75) is 12.5 Å². The molecule has 6 heteroatoms. The van der Waals surface area contributed by atoms with Crippen LogP contribution in [0.15, 0.2) is 24.3 Å². The molecule has 1 saturated heterocycles. The van der Waals surface area contributed by atoms with Crippen molar-refractivity contribution in [3.63, 3.8) is 0 Å². The van der Waals surface area contributed by atoms with Gasteiger partial charge in [0.25, 0.3) is 5.91 Å². The number of carbonyl (C=O) groups is 1. The average Bonchev–Trinajstić information content (AvgIpc) is 2.47. The molecule has 20 heavy (non-hydrogen) atoms. The zero-order valence-corrected chi connectivity index (χ0v) is 11.6. The minimum absolute atomic E-state index is 0.0533. The molecule has 1 aliphatic heterocycles. The highest BCUT2D eigenvalue weighted by Gasteiger charge is 2.20. The van der Waals surface area contributed by atoms with Crippen LogP contribution in [0.1, 0.15) is 5.56 Å². The molecule has 1 fully saturated rings. The molecule has 1 unspecified atom stereocenters. The molecule has 1 atom stereocenters. The van der Waals surface area contributed by atoms with Crippen molar-refractivity contribution in [2.75, 3.05) is 33.4 Å². The van der Waals surface area contributed by atoms with Crippen LogP contribution in [0.5, 0.6) is 5.75 Å². The molecule has 1 aromatic carbocycles. The summed E-state index contributed by atoms with van der Waals surface area (Å²) in [6.07, 6.45) is 0.576. The van der Waals surface area contributed by atoms with Gasteiger partial charge in [-0.25, -0.2) is 5.01 Å². The third-order valence-electron chi connectivity index (χ3n) is 3.32. The Balaban J connectivity index is 1.89. The second-order valence-electron chi connectivity index (χ2n) is 4.79. The van der Waals surface area contributed by atoms with E-state index in [9.17, 15) is 9.90 Å². The second kappa shape index (κ2) is 7.23. The van der Waals surface area contributed by atoms with Crippen molar-refractivity contribution in [1.82, 2.24) is 15.8 Å². The van der Waals surface area contributed by atoms with E-state index >= 15 is 0 Å². The van der Waals surface area contributed by atoms with Crippen LogP contribution in [0.25, 0.3) is 0 Å². The van der Waals surface area contributed by atoms with E-state index in [1.54, 1.807) is 19.2 Å². The summed E-state index contributed by atoms with van der Waals surface area (Å²) in [5.74, 6) is 0.176. The number of hydrazine groups is 1. The summed E-state index contributed by atoms with van der Waals surface area (Å²) in [5, 5.41) is 14.2. The lowest BCUT2D eigenvalue weighted by Gasteiger charge is -2.28. The van der Waals surface area contributed by atoms with Gasteiger partial charge in [0.15, 0.2) is 0 Å². The first kappa shape index (κ1) is 14.8.